The number of carboxylic acid groups (broad SMARTS) is 1. The van der Waals surface area contributed by atoms with Gasteiger partial charge in [0.05, 0.1) is 12.7 Å². The molecule has 0 radical (unpaired) electrons. The minimum Gasteiger partial charge on any atom is -0.480 e. The molecule has 17 heavy (non-hydrogen) atoms. The largest absolute Gasteiger partial charge is 0.480 e. The third kappa shape index (κ3) is 3.54. The fourth-order valence-electron chi connectivity index (χ4n) is 1.97. The van der Waals surface area contributed by atoms with Crippen molar-refractivity contribution in [3.8, 4) is 0 Å². The van der Waals surface area contributed by atoms with Gasteiger partial charge in [0.1, 0.15) is 6.04 Å². The van der Waals surface area contributed by atoms with Gasteiger partial charge in [0, 0.05) is 6.54 Å². The first-order valence-corrected chi connectivity index (χ1v) is 5.87. The molecule has 1 fully saturated rings. The van der Waals surface area contributed by atoms with Crippen LogP contribution in [-0.2, 0) is 16.1 Å². The van der Waals surface area contributed by atoms with Gasteiger partial charge < -0.3 is 15.2 Å². The number of aliphatic carboxylic acids is 1. The molecule has 0 bridgehead atoms. The molecule has 2 atom stereocenters. The molecule has 1 heterocycles. The molecule has 0 saturated carbocycles. The average Bonchev–Trinajstić information content (AvgIpc) is 2.38. The van der Waals surface area contributed by atoms with Crippen molar-refractivity contribution < 1.29 is 14.6 Å². The van der Waals surface area contributed by atoms with E-state index < -0.39 is 12.0 Å². The Morgan fingerprint density at radius 2 is 2.12 bits per heavy atom. The molecule has 92 valence electrons. The van der Waals surface area contributed by atoms with Gasteiger partial charge in [0.2, 0.25) is 0 Å². The zero-order chi connectivity index (χ0) is 12.1. The highest BCUT2D eigenvalue weighted by atomic mass is 16.5. The van der Waals surface area contributed by atoms with Gasteiger partial charge in [-0.3, -0.25) is 4.79 Å². The molecular formula is C13H17NO3. The maximum absolute atomic E-state index is 10.7. The van der Waals surface area contributed by atoms with Crippen molar-refractivity contribution in [2.24, 2.45) is 0 Å². The molecule has 1 aliphatic heterocycles. The number of carbonyl (C=O) groups is 1. The number of hydrogen-bond acceptors (Lipinski definition) is 3. The lowest BCUT2D eigenvalue weighted by atomic mass is 10.0. The SMILES string of the molecule is O=C(O)C1CCC(OCc2ccccc2)CN1. The molecule has 0 aliphatic carbocycles. The smallest absolute Gasteiger partial charge is 0.320 e. The van der Waals surface area contributed by atoms with E-state index in [2.05, 4.69) is 5.32 Å². The molecule has 1 aromatic carbocycles. The maximum Gasteiger partial charge on any atom is 0.320 e. The Bertz CT molecular complexity index is 358. The lowest BCUT2D eigenvalue weighted by Crippen LogP contribution is -2.46. The van der Waals surface area contributed by atoms with Crippen LogP contribution in [0.1, 0.15) is 18.4 Å². The number of benzene rings is 1. The second kappa shape index (κ2) is 5.80. The Kier molecular flexibility index (Phi) is 4.12. The molecule has 1 aromatic rings. The monoisotopic (exact) mass is 235 g/mol. The number of nitrogens with one attached hydrogen (secondary N) is 1. The first-order valence-electron chi connectivity index (χ1n) is 5.87. The van der Waals surface area contributed by atoms with Crippen LogP contribution >= 0.6 is 0 Å². The summed E-state index contributed by atoms with van der Waals surface area (Å²) in [6.45, 7) is 1.20. The maximum atomic E-state index is 10.7. The quantitative estimate of drug-likeness (QED) is 0.828. The summed E-state index contributed by atoms with van der Waals surface area (Å²) in [5, 5.41) is 11.8. The molecule has 4 nitrogen and oxygen atoms in total. The highest BCUT2D eigenvalue weighted by Crippen LogP contribution is 2.13. The molecule has 1 aliphatic rings. The minimum absolute atomic E-state index is 0.116. The van der Waals surface area contributed by atoms with Gasteiger partial charge in [0.15, 0.2) is 0 Å². The number of carboxylic acids is 1. The first kappa shape index (κ1) is 12.1. The van der Waals surface area contributed by atoms with Crippen LogP contribution in [0.3, 0.4) is 0 Å². The van der Waals surface area contributed by atoms with E-state index in [1.165, 1.54) is 0 Å². The molecule has 2 unspecified atom stereocenters. The highest BCUT2D eigenvalue weighted by molar-refractivity contribution is 5.73. The van der Waals surface area contributed by atoms with Crippen LogP contribution in [0.25, 0.3) is 0 Å². The van der Waals surface area contributed by atoms with Crippen molar-refractivity contribution in [1.29, 1.82) is 0 Å². The predicted octanol–water partition coefficient (Wildman–Crippen LogP) is 1.41. The van der Waals surface area contributed by atoms with Crippen molar-refractivity contribution in [3.63, 3.8) is 0 Å². The van der Waals surface area contributed by atoms with E-state index in [0.717, 1.165) is 12.0 Å². The average molecular weight is 235 g/mol. The topological polar surface area (TPSA) is 58.6 Å². The van der Waals surface area contributed by atoms with Crippen LogP contribution < -0.4 is 5.32 Å². The molecule has 0 amide bonds. The summed E-state index contributed by atoms with van der Waals surface area (Å²) in [4.78, 5) is 10.7. The minimum atomic E-state index is -0.772. The zero-order valence-corrected chi connectivity index (χ0v) is 9.63. The molecular weight excluding hydrogens is 218 g/mol. The van der Waals surface area contributed by atoms with Crippen LogP contribution in [-0.4, -0.2) is 29.8 Å². The van der Waals surface area contributed by atoms with Gasteiger partial charge in [-0.15, -0.1) is 0 Å². The molecule has 2 N–H and O–H groups in total. The third-order valence-corrected chi connectivity index (χ3v) is 3.00. The summed E-state index contributed by atoms with van der Waals surface area (Å²) >= 11 is 0. The van der Waals surface area contributed by atoms with Crippen LogP contribution in [0.5, 0.6) is 0 Å². The summed E-state index contributed by atoms with van der Waals surface area (Å²) in [5.41, 5.74) is 1.15. The van der Waals surface area contributed by atoms with Crippen molar-refractivity contribution in [3.05, 3.63) is 35.9 Å². The normalized spacial score (nSPS) is 24.5. The summed E-state index contributed by atoms with van der Waals surface area (Å²) in [7, 11) is 0. The number of piperidine rings is 1. The molecule has 4 heteroatoms. The van der Waals surface area contributed by atoms with Crippen molar-refractivity contribution in [2.45, 2.75) is 31.6 Å². The van der Waals surface area contributed by atoms with E-state index in [0.29, 0.717) is 19.6 Å². The van der Waals surface area contributed by atoms with Crippen LogP contribution in [0.15, 0.2) is 30.3 Å². The first-order chi connectivity index (χ1) is 8.25. The fourth-order valence-corrected chi connectivity index (χ4v) is 1.97. The Hall–Kier alpha value is -1.39. The van der Waals surface area contributed by atoms with Gasteiger partial charge in [-0.25, -0.2) is 0 Å². The van der Waals surface area contributed by atoms with E-state index in [1.807, 2.05) is 30.3 Å². The molecule has 1 saturated heterocycles. The van der Waals surface area contributed by atoms with Crippen LogP contribution in [0, 0.1) is 0 Å². The van der Waals surface area contributed by atoms with Gasteiger partial charge in [0.25, 0.3) is 0 Å². The lowest BCUT2D eigenvalue weighted by molar-refractivity contribution is -0.140. The van der Waals surface area contributed by atoms with E-state index in [-0.39, 0.29) is 6.10 Å². The van der Waals surface area contributed by atoms with Crippen molar-refractivity contribution >= 4 is 5.97 Å². The van der Waals surface area contributed by atoms with Crippen molar-refractivity contribution in [2.75, 3.05) is 6.54 Å². The number of rotatable bonds is 4. The summed E-state index contributed by atoms with van der Waals surface area (Å²) in [6.07, 6.45) is 1.55. The van der Waals surface area contributed by atoms with E-state index in [9.17, 15) is 4.79 Å². The molecule has 2 rings (SSSR count). The Morgan fingerprint density at radius 3 is 2.71 bits per heavy atom. The van der Waals surface area contributed by atoms with E-state index in [1.54, 1.807) is 0 Å². The van der Waals surface area contributed by atoms with Crippen LogP contribution in [0.2, 0.25) is 0 Å². The summed E-state index contributed by atoms with van der Waals surface area (Å²) in [6, 6.07) is 9.58. The lowest BCUT2D eigenvalue weighted by Gasteiger charge is -2.27. The Labute approximate surface area is 101 Å². The highest BCUT2D eigenvalue weighted by Gasteiger charge is 2.25. The zero-order valence-electron chi connectivity index (χ0n) is 9.63. The fraction of sp³-hybridized carbons (Fsp3) is 0.462. The predicted molar refractivity (Wildman–Crippen MR) is 63.7 cm³/mol. The summed E-state index contributed by atoms with van der Waals surface area (Å²) in [5.74, 6) is -0.772. The van der Waals surface area contributed by atoms with Gasteiger partial charge in [-0.05, 0) is 18.4 Å². The standard InChI is InChI=1S/C13H17NO3/c15-13(16)12-7-6-11(8-14-12)17-9-10-4-2-1-3-5-10/h1-5,11-12,14H,6-9H2,(H,15,16). The van der Waals surface area contributed by atoms with Gasteiger partial charge in [-0.1, -0.05) is 30.3 Å². The second-order valence-corrected chi connectivity index (χ2v) is 4.30. The molecule has 0 spiro atoms. The van der Waals surface area contributed by atoms with E-state index in [4.69, 9.17) is 9.84 Å². The van der Waals surface area contributed by atoms with Gasteiger partial charge in [-0.2, -0.15) is 0 Å². The van der Waals surface area contributed by atoms with Crippen LogP contribution in [0.4, 0.5) is 0 Å². The Balaban J connectivity index is 1.74. The Morgan fingerprint density at radius 1 is 1.35 bits per heavy atom. The third-order valence-electron chi connectivity index (χ3n) is 3.00. The second-order valence-electron chi connectivity index (χ2n) is 4.30. The number of ether oxygens (including phenoxy) is 1. The summed E-state index contributed by atoms with van der Waals surface area (Å²) < 4.78 is 5.74. The molecule has 0 aromatic heterocycles. The van der Waals surface area contributed by atoms with Crippen molar-refractivity contribution in [1.82, 2.24) is 5.32 Å². The van der Waals surface area contributed by atoms with Gasteiger partial charge >= 0.3 is 5.97 Å². The number of hydrogen-bond donors (Lipinski definition) is 2. The van der Waals surface area contributed by atoms with E-state index >= 15 is 0 Å².